The molecule has 3 aromatic rings. The van der Waals surface area contributed by atoms with E-state index in [2.05, 4.69) is 9.88 Å². The number of hydrogen-bond donors (Lipinski definition) is 1. The number of rotatable bonds is 5. The molecule has 0 spiro atoms. The van der Waals surface area contributed by atoms with Gasteiger partial charge in [-0.3, -0.25) is 14.7 Å². The Kier molecular flexibility index (Phi) is 5.76. The normalized spacial score (nSPS) is 15.9. The van der Waals surface area contributed by atoms with E-state index in [0.717, 1.165) is 42.8 Å². The van der Waals surface area contributed by atoms with Crippen LogP contribution in [-0.4, -0.2) is 32.6 Å². The molecule has 5 nitrogen and oxygen atoms in total. The van der Waals surface area contributed by atoms with Gasteiger partial charge in [0.05, 0.1) is 18.2 Å². The van der Waals surface area contributed by atoms with Crippen LogP contribution < -0.4 is 5.56 Å². The highest BCUT2D eigenvalue weighted by atomic mass is 16.3. The van der Waals surface area contributed by atoms with Crippen LogP contribution in [0.1, 0.15) is 47.7 Å². The fourth-order valence-corrected chi connectivity index (χ4v) is 4.26. The Balaban J connectivity index is 1.84. The van der Waals surface area contributed by atoms with Gasteiger partial charge in [-0.05, 0) is 56.1 Å². The molecule has 2 aromatic heterocycles. The zero-order chi connectivity index (χ0) is 20.2. The van der Waals surface area contributed by atoms with Crippen LogP contribution in [0.25, 0.3) is 0 Å². The summed E-state index contributed by atoms with van der Waals surface area (Å²) >= 11 is 0. The average molecular weight is 389 g/mol. The molecule has 0 bridgehead atoms. The minimum atomic E-state index is -0.292. The van der Waals surface area contributed by atoms with Crippen molar-refractivity contribution >= 4 is 0 Å². The summed E-state index contributed by atoms with van der Waals surface area (Å²) in [6, 6.07) is 15.3. The highest BCUT2D eigenvalue weighted by molar-refractivity contribution is 5.40. The second-order valence-corrected chi connectivity index (χ2v) is 7.75. The average Bonchev–Trinajstić information content (AvgIpc) is 2.76. The standard InChI is InChI=1S/C24H27N3O2/c1-18-15-21(28)22(24(29)27(18)17-19-9-4-2-5-10-19)23(20-11-8-12-25-16-20)26-13-6-3-7-14-26/h2,4-5,8-12,15-16,23,28H,3,6-7,13-14,17H2,1H3. The van der Waals surface area contributed by atoms with Gasteiger partial charge in [0, 0.05) is 18.1 Å². The van der Waals surface area contributed by atoms with Crippen molar-refractivity contribution in [1.29, 1.82) is 0 Å². The molecule has 1 saturated heterocycles. The molecule has 0 radical (unpaired) electrons. The predicted octanol–water partition coefficient (Wildman–Crippen LogP) is 3.88. The third kappa shape index (κ3) is 4.10. The van der Waals surface area contributed by atoms with E-state index in [4.69, 9.17) is 0 Å². The predicted molar refractivity (Wildman–Crippen MR) is 114 cm³/mol. The van der Waals surface area contributed by atoms with Crippen LogP contribution in [0.5, 0.6) is 5.75 Å². The number of nitrogens with zero attached hydrogens (tertiary/aromatic N) is 3. The van der Waals surface area contributed by atoms with Gasteiger partial charge in [-0.1, -0.05) is 42.8 Å². The van der Waals surface area contributed by atoms with Crippen molar-refractivity contribution in [3.8, 4) is 5.75 Å². The van der Waals surface area contributed by atoms with Crippen molar-refractivity contribution in [3.63, 3.8) is 0 Å². The molecule has 1 atom stereocenters. The van der Waals surface area contributed by atoms with Gasteiger partial charge in [-0.2, -0.15) is 0 Å². The van der Waals surface area contributed by atoms with Gasteiger partial charge < -0.3 is 9.67 Å². The fraction of sp³-hybridized carbons (Fsp3) is 0.333. The third-order valence-corrected chi connectivity index (χ3v) is 5.74. The fourth-order valence-electron chi connectivity index (χ4n) is 4.26. The van der Waals surface area contributed by atoms with E-state index in [1.54, 1.807) is 23.0 Å². The van der Waals surface area contributed by atoms with Crippen LogP contribution in [0.3, 0.4) is 0 Å². The molecule has 1 unspecified atom stereocenters. The topological polar surface area (TPSA) is 58.4 Å². The molecule has 5 heteroatoms. The molecular weight excluding hydrogens is 362 g/mol. The Morgan fingerprint density at radius 1 is 1.07 bits per heavy atom. The number of likely N-dealkylation sites (tertiary alicyclic amines) is 1. The van der Waals surface area contributed by atoms with Gasteiger partial charge in [0.1, 0.15) is 5.75 Å². The van der Waals surface area contributed by atoms with Crippen LogP contribution in [0, 0.1) is 6.92 Å². The molecule has 0 amide bonds. The summed E-state index contributed by atoms with van der Waals surface area (Å²) in [6.45, 7) is 4.17. The van der Waals surface area contributed by atoms with Gasteiger partial charge >= 0.3 is 0 Å². The molecule has 1 aliphatic rings. The van der Waals surface area contributed by atoms with Crippen LogP contribution in [0.2, 0.25) is 0 Å². The first-order valence-corrected chi connectivity index (χ1v) is 10.3. The second-order valence-electron chi connectivity index (χ2n) is 7.75. The molecule has 1 aliphatic heterocycles. The maximum Gasteiger partial charge on any atom is 0.259 e. The molecule has 0 aliphatic carbocycles. The number of hydrogen-bond acceptors (Lipinski definition) is 4. The minimum absolute atomic E-state index is 0.0660. The van der Waals surface area contributed by atoms with E-state index >= 15 is 0 Å². The van der Waals surface area contributed by atoms with Gasteiger partial charge in [0.15, 0.2) is 0 Å². The summed E-state index contributed by atoms with van der Waals surface area (Å²) in [5.41, 5.74) is 3.07. The summed E-state index contributed by atoms with van der Waals surface area (Å²) in [4.78, 5) is 20.2. The summed E-state index contributed by atoms with van der Waals surface area (Å²) in [7, 11) is 0. The van der Waals surface area contributed by atoms with Crippen molar-refractivity contribution in [2.45, 2.75) is 38.8 Å². The van der Waals surface area contributed by atoms with Crippen LogP contribution in [-0.2, 0) is 6.54 Å². The molecule has 29 heavy (non-hydrogen) atoms. The number of aromatic nitrogens is 2. The Morgan fingerprint density at radius 2 is 1.83 bits per heavy atom. The molecule has 3 heterocycles. The van der Waals surface area contributed by atoms with Gasteiger partial charge in [-0.15, -0.1) is 0 Å². The lowest BCUT2D eigenvalue weighted by molar-refractivity contribution is 0.183. The Bertz CT molecular complexity index is 1010. The first-order chi connectivity index (χ1) is 14.1. The molecule has 1 fully saturated rings. The summed E-state index contributed by atoms with van der Waals surface area (Å²) in [6.07, 6.45) is 6.94. The molecule has 1 N–H and O–H groups in total. The highest BCUT2D eigenvalue weighted by Crippen LogP contribution is 2.34. The number of piperidine rings is 1. The molecule has 4 rings (SSSR count). The summed E-state index contributed by atoms with van der Waals surface area (Å²) in [5, 5.41) is 10.9. The van der Waals surface area contributed by atoms with Crippen molar-refractivity contribution in [2.75, 3.05) is 13.1 Å². The van der Waals surface area contributed by atoms with E-state index in [9.17, 15) is 9.90 Å². The highest BCUT2D eigenvalue weighted by Gasteiger charge is 2.30. The van der Waals surface area contributed by atoms with Crippen LogP contribution >= 0.6 is 0 Å². The van der Waals surface area contributed by atoms with E-state index in [-0.39, 0.29) is 17.4 Å². The largest absolute Gasteiger partial charge is 0.507 e. The van der Waals surface area contributed by atoms with Gasteiger partial charge in [0.25, 0.3) is 5.56 Å². The van der Waals surface area contributed by atoms with Crippen molar-refractivity contribution in [2.24, 2.45) is 0 Å². The smallest absolute Gasteiger partial charge is 0.259 e. The monoisotopic (exact) mass is 389 g/mol. The van der Waals surface area contributed by atoms with E-state index in [0.29, 0.717) is 12.1 Å². The number of pyridine rings is 2. The van der Waals surface area contributed by atoms with E-state index in [1.165, 1.54) is 6.42 Å². The Labute approximate surface area is 171 Å². The quantitative estimate of drug-likeness (QED) is 0.719. The number of benzene rings is 1. The van der Waals surface area contributed by atoms with E-state index in [1.807, 2.05) is 49.4 Å². The lowest BCUT2D eigenvalue weighted by Crippen LogP contribution is -2.39. The zero-order valence-electron chi connectivity index (χ0n) is 16.8. The van der Waals surface area contributed by atoms with E-state index < -0.39 is 0 Å². The summed E-state index contributed by atoms with van der Waals surface area (Å²) in [5.74, 6) is 0.0660. The van der Waals surface area contributed by atoms with Crippen LogP contribution in [0.4, 0.5) is 0 Å². The zero-order valence-corrected chi connectivity index (χ0v) is 16.8. The van der Waals surface area contributed by atoms with Crippen molar-refractivity contribution < 1.29 is 5.11 Å². The van der Waals surface area contributed by atoms with Crippen molar-refractivity contribution in [3.05, 3.63) is 93.7 Å². The molecule has 1 aromatic carbocycles. The number of aromatic hydroxyl groups is 1. The summed E-state index contributed by atoms with van der Waals surface area (Å²) < 4.78 is 1.76. The minimum Gasteiger partial charge on any atom is -0.507 e. The Morgan fingerprint density at radius 3 is 2.52 bits per heavy atom. The second kappa shape index (κ2) is 8.62. The van der Waals surface area contributed by atoms with Crippen molar-refractivity contribution in [1.82, 2.24) is 14.5 Å². The Hall–Kier alpha value is -2.92. The van der Waals surface area contributed by atoms with Gasteiger partial charge in [-0.25, -0.2) is 0 Å². The molecule has 150 valence electrons. The maximum absolute atomic E-state index is 13.6. The SMILES string of the molecule is Cc1cc(O)c(C(c2cccnc2)N2CCCCC2)c(=O)n1Cc1ccccc1. The number of aryl methyl sites for hydroxylation is 1. The molecular formula is C24H27N3O2. The van der Waals surface area contributed by atoms with Crippen LogP contribution in [0.15, 0.2) is 65.7 Å². The van der Waals surface area contributed by atoms with Gasteiger partial charge in [0.2, 0.25) is 0 Å². The maximum atomic E-state index is 13.6. The first kappa shape index (κ1) is 19.4. The first-order valence-electron chi connectivity index (χ1n) is 10.3. The molecule has 0 saturated carbocycles. The lowest BCUT2D eigenvalue weighted by Gasteiger charge is -2.35. The third-order valence-electron chi connectivity index (χ3n) is 5.74. The lowest BCUT2D eigenvalue weighted by atomic mass is 9.95.